The fraction of sp³-hybridized carbons (Fsp3) is 0.769. The molecule has 1 atom stereocenters. The summed E-state index contributed by atoms with van der Waals surface area (Å²) in [7, 11) is 0. The summed E-state index contributed by atoms with van der Waals surface area (Å²) in [5.74, 6) is 1.25. The van der Waals surface area contributed by atoms with Crippen LogP contribution in [0.2, 0.25) is 0 Å². The van der Waals surface area contributed by atoms with Gasteiger partial charge in [0.05, 0.1) is 18.3 Å². The number of H-pyrrole nitrogens is 1. The second kappa shape index (κ2) is 4.82. The van der Waals surface area contributed by atoms with Gasteiger partial charge in [-0.15, -0.1) is 5.10 Å². The molecule has 1 saturated carbocycles. The Balaban J connectivity index is 1.74. The summed E-state index contributed by atoms with van der Waals surface area (Å²) < 4.78 is 5.70. The number of aromatic amines is 1. The van der Waals surface area contributed by atoms with Gasteiger partial charge in [0, 0.05) is 19.0 Å². The Bertz CT molecular complexity index is 509. The summed E-state index contributed by atoms with van der Waals surface area (Å²) in [4.78, 5) is 18.4. The Morgan fingerprint density at radius 1 is 1.55 bits per heavy atom. The second-order valence-corrected chi connectivity index (χ2v) is 6.19. The predicted molar refractivity (Wildman–Crippen MR) is 70.3 cm³/mol. The SMILES string of the molecule is CC1(C)CN(C(=O)c2n[nH]c(C3CC3)n2)CC(CO)O1. The Kier molecular flexibility index (Phi) is 3.25. The van der Waals surface area contributed by atoms with Crippen molar-refractivity contribution in [2.75, 3.05) is 19.7 Å². The van der Waals surface area contributed by atoms with Crippen molar-refractivity contribution in [3.8, 4) is 0 Å². The summed E-state index contributed by atoms with van der Waals surface area (Å²) >= 11 is 0. The van der Waals surface area contributed by atoms with E-state index in [-0.39, 0.29) is 24.4 Å². The van der Waals surface area contributed by atoms with Gasteiger partial charge in [-0.05, 0) is 26.7 Å². The highest BCUT2D eigenvalue weighted by Gasteiger charge is 2.37. The van der Waals surface area contributed by atoms with Crippen molar-refractivity contribution in [3.63, 3.8) is 0 Å². The average Bonchev–Trinajstić information content (AvgIpc) is 3.14. The number of aromatic nitrogens is 3. The minimum Gasteiger partial charge on any atom is -0.394 e. The Morgan fingerprint density at radius 2 is 2.30 bits per heavy atom. The number of hydrogen-bond acceptors (Lipinski definition) is 5. The third-order valence-electron chi connectivity index (χ3n) is 3.63. The third-order valence-corrected chi connectivity index (χ3v) is 3.63. The Hall–Kier alpha value is -1.47. The first-order chi connectivity index (χ1) is 9.48. The van der Waals surface area contributed by atoms with Crippen molar-refractivity contribution >= 4 is 5.91 Å². The van der Waals surface area contributed by atoms with Crippen LogP contribution in [0.3, 0.4) is 0 Å². The van der Waals surface area contributed by atoms with Gasteiger partial charge >= 0.3 is 0 Å². The van der Waals surface area contributed by atoms with Crippen LogP contribution in [0.1, 0.15) is 49.1 Å². The highest BCUT2D eigenvalue weighted by atomic mass is 16.5. The molecule has 20 heavy (non-hydrogen) atoms. The molecule has 7 heteroatoms. The molecule has 2 N–H and O–H groups in total. The molecule has 1 aromatic heterocycles. The maximum Gasteiger partial charge on any atom is 0.293 e. The first kappa shape index (κ1) is 13.5. The lowest BCUT2D eigenvalue weighted by Crippen LogP contribution is -2.55. The van der Waals surface area contributed by atoms with E-state index in [1.807, 2.05) is 13.8 Å². The normalized spacial score (nSPS) is 25.8. The highest BCUT2D eigenvalue weighted by Crippen LogP contribution is 2.37. The molecule has 0 radical (unpaired) electrons. The first-order valence-corrected chi connectivity index (χ1v) is 6.99. The number of carbonyl (C=O) groups excluding carboxylic acids is 1. The molecule has 2 fully saturated rings. The maximum atomic E-state index is 12.4. The standard InChI is InChI=1S/C13H20N4O3/c1-13(2)7-17(5-9(6-18)20-13)12(19)11-14-10(15-16-11)8-3-4-8/h8-9,18H,3-7H2,1-2H3,(H,14,15,16). The van der Waals surface area contributed by atoms with E-state index in [9.17, 15) is 9.90 Å². The van der Waals surface area contributed by atoms with Crippen molar-refractivity contribution in [2.24, 2.45) is 0 Å². The van der Waals surface area contributed by atoms with Crippen LogP contribution in [-0.2, 0) is 4.74 Å². The van der Waals surface area contributed by atoms with Crippen molar-refractivity contribution in [2.45, 2.75) is 44.3 Å². The molecule has 7 nitrogen and oxygen atoms in total. The van der Waals surface area contributed by atoms with E-state index in [0.29, 0.717) is 19.0 Å². The number of nitrogens with one attached hydrogen (secondary N) is 1. The monoisotopic (exact) mass is 280 g/mol. The lowest BCUT2D eigenvalue weighted by Gasteiger charge is -2.41. The zero-order chi connectivity index (χ0) is 14.3. The summed E-state index contributed by atoms with van der Waals surface area (Å²) in [6, 6.07) is 0. The molecule has 110 valence electrons. The van der Waals surface area contributed by atoms with Crippen LogP contribution in [0.4, 0.5) is 0 Å². The van der Waals surface area contributed by atoms with Gasteiger partial charge in [0.1, 0.15) is 5.82 Å². The lowest BCUT2D eigenvalue weighted by molar-refractivity contribution is -0.139. The molecular formula is C13H20N4O3. The van der Waals surface area contributed by atoms with Gasteiger partial charge in [0.15, 0.2) is 0 Å². The van der Waals surface area contributed by atoms with Crippen LogP contribution in [0.25, 0.3) is 0 Å². The number of morpholine rings is 1. The number of rotatable bonds is 3. The molecule has 0 spiro atoms. The van der Waals surface area contributed by atoms with Crippen LogP contribution in [-0.4, -0.2) is 62.5 Å². The Labute approximate surface area is 117 Å². The molecular weight excluding hydrogens is 260 g/mol. The molecule has 1 amide bonds. The van der Waals surface area contributed by atoms with Gasteiger partial charge < -0.3 is 14.7 Å². The Morgan fingerprint density at radius 3 is 2.95 bits per heavy atom. The third kappa shape index (κ3) is 2.69. The molecule has 1 aromatic rings. The molecule has 2 heterocycles. The van der Waals surface area contributed by atoms with Crippen LogP contribution in [0.5, 0.6) is 0 Å². The minimum atomic E-state index is -0.475. The summed E-state index contributed by atoms with van der Waals surface area (Å²) in [5, 5.41) is 16.1. The smallest absolute Gasteiger partial charge is 0.293 e. The number of carbonyl (C=O) groups is 1. The van der Waals surface area contributed by atoms with Crippen molar-refractivity contribution in [1.82, 2.24) is 20.1 Å². The second-order valence-electron chi connectivity index (χ2n) is 6.19. The summed E-state index contributed by atoms with van der Waals surface area (Å²) in [6.45, 7) is 4.54. The van der Waals surface area contributed by atoms with Crippen molar-refractivity contribution in [3.05, 3.63) is 11.6 Å². The van der Waals surface area contributed by atoms with Gasteiger partial charge in [0.25, 0.3) is 5.91 Å². The highest BCUT2D eigenvalue weighted by molar-refractivity contribution is 5.90. The predicted octanol–water partition coefficient (Wildman–Crippen LogP) is 0.294. The van der Waals surface area contributed by atoms with Gasteiger partial charge in [-0.2, -0.15) is 0 Å². The van der Waals surface area contributed by atoms with Crippen LogP contribution in [0, 0.1) is 0 Å². The molecule has 1 aliphatic carbocycles. The molecule has 3 rings (SSSR count). The molecule has 1 unspecified atom stereocenters. The fourth-order valence-electron chi connectivity index (χ4n) is 2.60. The van der Waals surface area contributed by atoms with E-state index in [1.54, 1.807) is 4.90 Å². The van der Waals surface area contributed by atoms with Crippen molar-refractivity contribution < 1.29 is 14.6 Å². The zero-order valence-electron chi connectivity index (χ0n) is 11.8. The number of aliphatic hydroxyl groups is 1. The maximum absolute atomic E-state index is 12.4. The lowest BCUT2D eigenvalue weighted by atomic mass is 10.1. The van der Waals surface area contributed by atoms with Gasteiger partial charge in [0.2, 0.25) is 5.82 Å². The van der Waals surface area contributed by atoms with E-state index >= 15 is 0 Å². The molecule has 0 bridgehead atoms. The van der Waals surface area contributed by atoms with Crippen LogP contribution < -0.4 is 0 Å². The first-order valence-electron chi connectivity index (χ1n) is 6.99. The fourth-order valence-corrected chi connectivity index (χ4v) is 2.60. The quantitative estimate of drug-likeness (QED) is 0.830. The number of aliphatic hydroxyl groups excluding tert-OH is 1. The molecule has 1 saturated heterocycles. The van der Waals surface area contributed by atoms with Crippen LogP contribution in [0.15, 0.2) is 0 Å². The summed E-state index contributed by atoms with van der Waals surface area (Å²) in [5.41, 5.74) is -0.475. The van der Waals surface area contributed by atoms with E-state index < -0.39 is 5.60 Å². The molecule has 1 aliphatic heterocycles. The minimum absolute atomic E-state index is 0.103. The molecule has 0 aromatic carbocycles. The zero-order valence-corrected chi connectivity index (χ0v) is 11.8. The largest absolute Gasteiger partial charge is 0.394 e. The average molecular weight is 280 g/mol. The number of ether oxygens (including phenoxy) is 1. The van der Waals surface area contributed by atoms with E-state index in [0.717, 1.165) is 18.7 Å². The number of hydrogen-bond donors (Lipinski definition) is 2. The number of amides is 1. The van der Waals surface area contributed by atoms with Crippen LogP contribution >= 0.6 is 0 Å². The van der Waals surface area contributed by atoms with Gasteiger partial charge in [-0.1, -0.05) is 0 Å². The van der Waals surface area contributed by atoms with E-state index in [4.69, 9.17) is 4.74 Å². The number of nitrogens with zero attached hydrogens (tertiary/aromatic N) is 3. The van der Waals surface area contributed by atoms with Gasteiger partial charge in [-0.3, -0.25) is 9.89 Å². The summed E-state index contributed by atoms with van der Waals surface area (Å²) in [6.07, 6.45) is 1.87. The van der Waals surface area contributed by atoms with E-state index in [1.165, 1.54) is 0 Å². The van der Waals surface area contributed by atoms with E-state index in [2.05, 4.69) is 15.2 Å². The topological polar surface area (TPSA) is 91.3 Å². The van der Waals surface area contributed by atoms with Crippen molar-refractivity contribution in [1.29, 1.82) is 0 Å². The molecule has 2 aliphatic rings. The van der Waals surface area contributed by atoms with Gasteiger partial charge in [-0.25, -0.2) is 4.98 Å².